The third-order valence-electron chi connectivity index (χ3n) is 2.42. The van der Waals surface area contributed by atoms with Gasteiger partial charge in [-0.15, -0.1) is 0 Å². The summed E-state index contributed by atoms with van der Waals surface area (Å²) in [5, 5.41) is 8.68. The van der Waals surface area contributed by atoms with Crippen LogP contribution in [-0.2, 0) is 4.79 Å². The molecule has 4 nitrogen and oxygen atoms in total. The lowest BCUT2D eigenvalue weighted by Gasteiger charge is -2.36. The van der Waals surface area contributed by atoms with Gasteiger partial charge in [0.2, 0.25) is 5.91 Å². The van der Waals surface area contributed by atoms with Gasteiger partial charge in [0.1, 0.15) is 0 Å². The van der Waals surface area contributed by atoms with Crippen LogP contribution >= 0.6 is 0 Å². The number of aliphatic hydroxyl groups excluding tert-OH is 1. The molecule has 0 radical (unpaired) electrons. The largest absolute Gasteiger partial charge is 0.395 e. The molecule has 1 rings (SSSR count). The minimum absolute atomic E-state index is 0.0368. The third kappa shape index (κ3) is 1.76. The van der Waals surface area contributed by atoms with Crippen LogP contribution < -0.4 is 0 Å². The summed E-state index contributed by atoms with van der Waals surface area (Å²) in [5.74, 6) is 0.123. The maximum Gasteiger partial charge on any atom is 0.239 e. The Morgan fingerprint density at radius 2 is 2.25 bits per heavy atom. The Morgan fingerprint density at radius 1 is 1.58 bits per heavy atom. The van der Waals surface area contributed by atoms with Crippen molar-refractivity contribution in [1.82, 2.24) is 9.80 Å². The number of rotatable bonds is 2. The fourth-order valence-electron chi connectivity index (χ4n) is 1.38. The van der Waals surface area contributed by atoms with Crippen LogP contribution in [0.15, 0.2) is 0 Å². The molecule has 0 bridgehead atoms. The van der Waals surface area contributed by atoms with Crippen molar-refractivity contribution in [3.8, 4) is 0 Å². The molecule has 1 amide bonds. The summed E-state index contributed by atoms with van der Waals surface area (Å²) in [7, 11) is 1.94. The number of hydrogen-bond donors (Lipinski definition) is 1. The zero-order valence-corrected chi connectivity index (χ0v) is 7.66. The highest BCUT2D eigenvalue weighted by Gasteiger charge is 2.28. The molecule has 0 aromatic rings. The van der Waals surface area contributed by atoms with Crippen LogP contribution in [0.25, 0.3) is 0 Å². The van der Waals surface area contributed by atoms with E-state index < -0.39 is 0 Å². The SMILES string of the molecule is CC1C(=O)N(CCO)CCN1C. The average molecular weight is 172 g/mol. The summed E-state index contributed by atoms with van der Waals surface area (Å²) in [5.41, 5.74) is 0. The highest BCUT2D eigenvalue weighted by molar-refractivity contribution is 5.82. The molecule has 1 N–H and O–H groups in total. The van der Waals surface area contributed by atoms with Crippen molar-refractivity contribution in [2.75, 3.05) is 33.3 Å². The topological polar surface area (TPSA) is 43.8 Å². The van der Waals surface area contributed by atoms with Crippen LogP contribution in [0.1, 0.15) is 6.92 Å². The predicted octanol–water partition coefficient (Wildman–Crippen LogP) is -0.859. The van der Waals surface area contributed by atoms with Gasteiger partial charge in [0.05, 0.1) is 12.6 Å². The van der Waals surface area contributed by atoms with E-state index in [4.69, 9.17) is 5.11 Å². The zero-order valence-electron chi connectivity index (χ0n) is 7.66. The second kappa shape index (κ2) is 3.87. The van der Waals surface area contributed by atoms with Crippen molar-refractivity contribution in [3.63, 3.8) is 0 Å². The summed E-state index contributed by atoms with van der Waals surface area (Å²) >= 11 is 0. The van der Waals surface area contributed by atoms with Gasteiger partial charge in [0.15, 0.2) is 0 Å². The number of piperazine rings is 1. The van der Waals surface area contributed by atoms with Crippen molar-refractivity contribution < 1.29 is 9.90 Å². The van der Waals surface area contributed by atoms with Gasteiger partial charge in [-0.25, -0.2) is 0 Å². The minimum Gasteiger partial charge on any atom is -0.395 e. The quantitative estimate of drug-likeness (QED) is 0.589. The van der Waals surface area contributed by atoms with Crippen molar-refractivity contribution >= 4 is 5.91 Å². The van der Waals surface area contributed by atoms with E-state index >= 15 is 0 Å². The molecule has 0 spiro atoms. The monoisotopic (exact) mass is 172 g/mol. The summed E-state index contributed by atoms with van der Waals surface area (Å²) in [4.78, 5) is 15.2. The van der Waals surface area contributed by atoms with E-state index in [0.717, 1.165) is 13.1 Å². The third-order valence-corrected chi connectivity index (χ3v) is 2.42. The smallest absolute Gasteiger partial charge is 0.239 e. The molecule has 0 aromatic carbocycles. The van der Waals surface area contributed by atoms with E-state index in [9.17, 15) is 4.79 Å². The molecule has 1 atom stereocenters. The van der Waals surface area contributed by atoms with Crippen LogP contribution in [0.3, 0.4) is 0 Å². The number of carbonyl (C=O) groups excluding carboxylic acids is 1. The highest BCUT2D eigenvalue weighted by Crippen LogP contribution is 2.07. The van der Waals surface area contributed by atoms with Crippen molar-refractivity contribution in [2.45, 2.75) is 13.0 Å². The molecule has 1 unspecified atom stereocenters. The fraction of sp³-hybridized carbons (Fsp3) is 0.875. The second-order valence-electron chi connectivity index (χ2n) is 3.21. The van der Waals surface area contributed by atoms with Gasteiger partial charge in [0.25, 0.3) is 0 Å². The van der Waals surface area contributed by atoms with Gasteiger partial charge >= 0.3 is 0 Å². The Labute approximate surface area is 72.8 Å². The first-order valence-electron chi connectivity index (χ1n) is 4.26. The van der Waals surface area contributed by atoms with Gasteiger partial charge in [-0.3, -0.25) is 9.69 Å². The van der Waals surface area contributed by atoms with Gasteiger partial charge in [-0.05, 0) is 14.0 Å². The van der Waals surface area contributed by atoms with E-state index in [1.165, 1.54) is 0 Å². The van der Waals surface area contributed by atoms with Crippen molar-refractivity contribution in [1.29, 1.82) is 0 Å². The van der Waals surface area contributed by atoms with E-state index in [0.29, 0.717) is 6.54 Å². The van der Waals surface area contributed by atoms with E-state index in [1.807, 2.05) is 18.9 Å². The maximum absolute atomic E-state index is 11.5. The highest BCUT2D eigenvalue weighted by atomic mass is 16.3. The first-order chi connectivity index (χ1) is 5.66. The lowest BCUT2D eigenvalue weighted by Crippen LogP contribution is -2.54. The molecule has 1 heterocycles. The first kappa shape index (κ1) is 9.48. The van der Waals surface area contributed by atoms with E-state index in [-0.39, 0.29) is 18.6 Å². The van der Waals surface area contributed by atoms with Crippen LogP contribution in [0.4, 0.5) is 0 Å². The lowest BCUT2D eigenvalue weighted by atomic mass is 10.2. The molecular weight excluding hydrogens is 156 g/mol. The van der Waals surface area contributed by atoms with E-state index in [1.54, 1.807) is 4.90 Å². The van der Waals surface area contributed by atoms with Crippen LogP contribution in [0.2, 0.25) is 0 Å². The number of amides is 1. The molecule has 0 saturated carbocycles. The summed E-state index contributed by atoms with van der Waals surface area (Å²) in [6.45, 7) is 4.05. The number of carbonyl (C=O) groups is 1. The molecule has 4 heteroatoms. The Balaban J connectivity index is 2.53. The predicted molar refractivity (Wildman–Crippen MR) is 45.8 cm³/mol. The van der Waals surface area contributed by atoms with Gasteiger partial charge in [-0.1, -0.05) is 0 Å². The maximum atomic E-state index is 11.5. The molecule has 1 saturated heterocycles. The second-order valence-corrected chi connectivity index (χ2v) is 3.21. The van der Waals surface area contributed by atoms with Gasteiger partial charge in [-0.2, -0.15) is 0 Å². The standard InChI is InChI=1S/C8H16N2O2/c1-7-8(12)10(5-6-11)4-3-9(7)2/h7,11H,3-6H2,1-2H3. The molecular formula is C8H16N2O2. The molecule has 70 valence electrons. The van der Waals surface area contributed by atoms with Gasteiger partial charge < -0.3 is 10.0 Å². The Kier molecular flexibility index (Phi) is 3.05. The fourth-order valence-corrected chi connectivity index (χ4v) is 1.38. The van der Waals surface area contributed by atoms with E-state index in [2.05, 4.69) is 0 Å². The molecule has 1 fully saturated rings. The van der Waals surface area contributed by atoms with Gasteiger partial charge in [0, 0.05) is 19.6 Å². The summed E-state index contributed by atoms with van der Waals surface area (Å²) in [6, 6.07) is -0.0368. The zero-order chi connectivity index (χ0) is 9.14. The Hall–Kier alpha value is -0.610. The first-order valence-corrected chi connectivity index (χ1v) is 4.26. The average Bonchev–Trinajstić information content (AvgIpc) is 2.07. The lowest BCUT2D eigenvalue weighted by molar-refractivity contribution is -0.140. The number of hydrogen-bond acceptors (Lipinski definition) is 3. The summed E-state index contributed by atoms with van der Waals surface area (Å²) in [6.07, 6.45) is 0. The van der Waals surface area contributed by atoms with Crippen LogP contribution in [0.5, 0.6) is 0 Å². The number of aliphatic hydroxyl groups is 1. The number of likely N-dealkylation sites (N-methyl/N-ethyl adjacent to an activating group) is 1. The van der Waals surface area contributed by atoms with Crippen LogP contribution in [-0.4, -0.2) is 60.1 Å². The molecule has 1 aliphatic rings. The molecule has 0 aliphatic carbocycles. The minimum atomic E-state index is -0.0368. The normalized spacial score (nSPS) is 26.4. The number of nitrogens with zero attached hydrogens (tertiary/aromatic N) is 2. The molecule has 0 aromatic heterocycles. The van der Waals surface area contributed by atoms with Crippen LogP contribution in [0, 0.1) is 0 Å². The summed E-state index contributed by atoms with van der Waals surface area (Å²) < 4.78 is 0. The van der Waals surface area contributed by atoms with Crippen molar-refractivity contribution in [3.05, 3.63) is 0 Å². The van der Waals surface area contributed by atoms with Crippen molar-refractivity contribution in [2.24, 2.45) is 0 Å². The Bertz CT molecular complexity index is 172. The molecule has 12 heavy (non-hydrogen) atoms. The Morgan fingerprint density at radius 3 is 2.83 bits per heavy atom. The molecule has 1 aliphatic heterocycles. The number of β-amino-alcohol motifs (C(OH)–C–C–N with tert-alkyl or cyclic N) is 1.